The number of carbonyl (C=O) groups is 1. The highest BCUT2D eigenvalue weighted by Gasteiger charge is 2.17. The number of methoxy groups -OCH3 is 1. The standard InChI is InChI=1S/C13H17N5O3/c1-8(13-17-11(18-21-13)5-6-20-2)16-12(19)9-3-4-10(14)15-7-9/h3-4,7-8H,5-6H2,1-2H3,(H2,14,15)(H,16,19). The number of ether oxygens (including phenoxy) is 1. The van der Waals surface area contributed by atoms with Crippen molar-refractivity contribution in [3.05, 3.63) is 35.6 Å². The van der Waals surface area contributed by atoms with E-state index in [1.54, 1.807) is 26.2 Å². The summed E-state index contributed by atoms with van der Waals surface area (Å²) in [5.74, 6) is 0.964. The van der Waals surface area contributed by atoms with E-state index in [2.05, 4.69) is 20.4 Å². The Labute approximate surface area is 121 Å². The highest BCUT2D eigenvalue weighted by atomic mass is 16.5. The Morgan fingerprint density at radius 3 is 3.00 bits per heavy atom. The molecule has 0 saturated heterocycles. The Kier molecular flexibility index (Phi) is 4.83. The normalized spacial score (nSPS) is 12.1. The molecule has 2 aromatic heterocycles. The van der Waals surface area contributed by atoms with Crippen LogP contribution < -0.4 is 11.1 Å². The maximum atomic E-state index is 12.0. The molecule has 3 N–H and O–H groups in total. The van der Waals surface area contributed by atoms with Gasteiger partial charge in [-0.1, -0.05) is 5.16 Å². The molecule has 1 unspecified atom stereocenters. The molecule has 2 rings (SSSR count). The molecule has 0 aliphatic carbocycles. The summed E-state index contributed by atoms with van der Waals surface area (Å²) in [7, 11) is 1.60. The molecule has 112 valence electrons. The van der Waals surface area contributed by atoms with Gasteiger partial charge in [-0.3, -0.25) is 4.79 Å². The first-order valence-corrected chi connectivity index (χ1v) is 6.44. The molecule has 8 heteroatoms. The zero-order valence-corrected chi connectivity index (χ0v) is 11.9. The van der Waals surface area contributed by atoms with E-state index < -0.39 is 6.04 Å². The zero-order chi connectivity index (χ0) is 15.2. The Morgan fingerprint density at radius 2 is 2.33 bits per heavy atom. The van der Waals surface area contributed by atoms with Crippen molar-refractivity contribution in [3.63, 3.8) is 0 Å². The first-order valence-electron chi connectivity index (χ1n) is 6.44. The van der Waals surface area contributed by atoms with Gasteiger partial charge in [0.1, 0.15) is 11.9 Å². The molecule has 1 atom stereocenters. The van der Waals surface area contributed by atoms with Crippen LogP contribution in [0.2, 0.25) is 0 Å². The molecule has 0 aromatic carbocycles. The van der Waals surface area contributed by atoms with Crippen molar-refractivity contribution in [2.45, 2.75) is 19.4 Å². The van der Waals surface area contributed by atoms with E-state index in [1.807, 2.05) is 0 Å². The number of nitrogens with one attached hydrogen (secondary N) is 1. The molecule has 0 fully saturated rings. The average molecular weight is 291 g/mol. The number of hydrogen-bond acceptors (Lipinski definition) is 7. The molecule has 1 amide bonds. The molecule has 2 heterocycles. The van der Waals surface area contributed by atoms with Gasteiger partial charge in [-0.15, -0.1) is 0 Å². The van der Waals surface area contributed by atoms with E-state index in [0.29, 0.717) is 36.1 Å². The number of rotatable bonds is 6. The molecule has 0 aliphatic rings. The second-order valence-electron chi connectivity index (χ2n) is 4.46. The lowest BCUT2D eigenvalue weighted by atomic mass is 10.2. The quantitative estimate of drug-likeness (QED) is 0.805. The SMILES string of the molecule is COCCc1noc(C(C)NC(=O)c2ccc(N)nc2)n1. The average Bonchev–Trinajstić information content (AvgIpc) is 2.94. The monoisotopic (exact) mass is 291 g/mol. The predicted octanol–water partition coefficient (Wildman–Crippen LogP) is 0.727. The van der Waals surface area contributed by atoms with Crippen molar-refractivity contribution in [3.8, 4) is 0 Å². The smallest absolute Gasteiger partial charge is 0.253 e. The number of carbonyl (C=O) groups excluding carboxylic acids is 1. The van der Waals surface area contributed by atoms with Crippen molar-refractivity contribution < 1.29 is 14.1 Å². The van der Waals surface area contributed by atoms with E-state index in [0.717, 1.165) is 0 Å². The fraction of sp³-hybridized carbons (Fsp3) is 0.385. The van der Waals surface area contributed by atoms with Crippen LogP contribution >= 0.6 is 0 Å². The lowest BCUT2D eigenvalue weighted by Gasteiger charge is -2.09. The van der Waals surface area contributed by atoms with E-state index in [9.17, 15) is 4.79 Å². The highest BCUT2D eigenvalue weighted by Crippen LogP contribution is 2.11. The van der Waals surface area contributed by atoms with Gasteiger partial charge in [0.25, 0.3) is 5.91 Å². The van der Waals surface area contributed by atoms with Crippen LogP contribution in [0.15, 0.2) is 22.9 Å². The zero-order valence-electron chi connectivity index (χ0n) is 11.9. The molecule has 2 aromatic rings. The van der Waals surface area contributed by atoms with Crippen molar-refractivity contribution in [2.24, 2.45) is 0 Å². The van der Waals surface area contributed by atoms with Crippen LogP contribution in [-0.2, 0) is 11.2 Å². The second kappa shape index (κ2) is 6.80. The molecule has 0 bridgehead atoms. The molecule has 21 heavy (non-hydrogen) atoms. The number of nitrogen functional groups attached to an aromatic ring is 1. The number of nitrogens with zero attached hydrogens (tertiary/aromatic N) is 3. The van der Waals surface area contributed by atoms with Gasteiger partial charge in [-0.25, -0.2) is 4.98 Å². The largest absolute Gasteiger partial charge is 0.384 e. The fourth-order valence-corrected chi connectivity index (χ4v) is 1.62. The maximum Gasteiger partial charge on any atom is 0.253 e. The van der Waals surface area contributed by atoms with Crippen molar-refractivity contribution in [2.75, 3.05) is 19.5 Å². The minimum atomic E-state index is -0.404. The summed E-state index contributed by atoms with van der Waals surface area (Å²) < 4.78 is 10.1. The Hall–Kier alpha value is -2.48. The van der Waals surface area contributed by atoms with Gasteiger partial charge in [0.15, 0.2) is 5.82 Å². The van der Waals surface area contributed by atoms with Crippen LogP contribution in [0.25, 0.3) is 0 Å². The van der Waals surface area contributed by atoms with Crippen LogP contribution in [0.1, 0.15) is 35.0 Å². The molecule has 0 spiro atoms. The molecule has 0 aliphatic heterocycles. The van der Waals surface area contributed by atoms with Gasteiger partial charge in [-0.2, -0.15) is 4.98 Å². The fourth-order valence-electron chi connectivity index (χ4n) is 1.62. The highest BCUT2D eigenvalue weighted by molar-refractivity contribution is 5.94. The first kappa shape index (κ1) is 14.9. The summed E-state index contributed by atoms with van der Waals surface area (Å²) in [5.41, 5.74) is 5.89. The molecular formula is C13H17N5O3. The van der Waals surface area contributed by atoms with E-state index in [4.69, 9.17) is 15.0 Å². The Bertz CT molecular complexity index is 596. The third-order valence-electron chi connectivity index (χ3n) is 2.78. The van der Waals surface area contributed by atoms with Gasteiger partial charge in [0.05, 0.1) is 12.2 Å². The summed E-state index contributed by atoms with van der Waals surface area (Å²) >= 11 is 0. The number of aromatic nitrogens is 3. The van der Waals surface area contributed by atoms with E-state index in [-0.39, 0.29) is 5.91 Å². The number of amides is 1. The minimum Gasteiger partial charge on any atom is -0.384 e. The van der Waals surface area contributed by atoms with E-state index >= 15 is 0 Å². The summed E-state index contributed by atoms with van der Waals surface area (Å²) in [5, 5.41) is 6.57. The molecule has 0 saturated carbocycles. The van der Waals surface area contributed by atoms with Crippen LogP contribution in [0.3, 0.4) is 0 Å². The number of anilines is 1. The summed E-state index contributed by atoms with van der Waals surface area (Å²) in [6, 6.07) is 2.76. The number of pyridine rings is 1. The molecule has 0 radical (unpaired) electrons. The first-order chi connectivity index (χ1) is 10.1. The van der Waals surface area contributed by atoms with Gasteiger partial charge < -0.3 is 20.3 Å². The van der Waals surface area contributed by atoms with Crippen LogP contribution in [0.5, 0.6) is 0 Å². The third-order valence-corrected chi connectivity index (χ3v) is 2.78. The van der Waals surface area contributed by atoms with Gasteiger partial charge in [-0.05, 0) is 19.1 Å². The van der Waals surface area contributed by atoms with Crippen LogP contribution in [0.4, 0.5) is 5.82 Å². The van der Waals surface area contributed by atoms with Crippen molar-refractivity contribution in [1.29, 1.82) is 0 Å². The number of nitrogens with two attached hydrogens (primary N) is 1. The van der Waals surface area contributed by atoms with Gasteiger partial charge in [0.2, 0.25) is 5.89 Å². The molecular weight excluding hydrogens is 274 g/mol. The lowest BCUT2D eigenvalue weighted by Crippen LogP contribution is -2.27. The Balaban J connectivity index is 1.97. The summed E-state index contributed by atoms with van der Waals surface area (Å²) in [6.07, 6.45) is 1.97. The molecule has 8 nitrogen and oxygen atoms in total. The summed E-state index contributed by atoms with van der Waals surface area (Å²) in [6.45, 7) is 2.27. The lowest BCUT2D eigenvalue weighted by molar-refractivity contribution is 0.0932. The van der Waals surface area contributed by atoms with Crippen molar-refractivity contribution >= 4 is 11.7 Å². The van der Waals surface area contributed by atoms with Crippen LogP contribution in [0, 0.1) is 0 Å². The maximum absolute atomic E-state index is 12.0. The topological polar surface area (TPSA) is 116 Å². The van der Waals surface area contributed by atoms with Crippen LogP contribution in [-0.4, -0.2) is 34.7 Å². The van der Waals surface area contributed by atoms with E-state index in [1.165, 1.54) is 6.20 Å². The van der Waals surface area contributed by atoms with Gasteiger partial charge in [0, 0.05) is 19.7 Å². The number of hydrogen-bond donors (Lipinski definition) is 2. The minimum absolute atomic E-state index is 0.286. The van der Waals surface area contributed by atoms with Crippen molar-refractivity contribution in [1.82, 2.24) is 20.4 Å². The van der Waals surface area contributed by atoms with Gasteiger partial charge >= 0.3 is 0 Å². The summed E-state index contributed by atoms with van der Waals surface area (Å²) in [4.78, 5) is 20.1. The second-order valence-corrected chi connectivity index (χ2v) is 4.46. The third kappa shape index (κ3) is 3.99. The Morgan fingerprint density at radius 1 is 1.52 bits per heavy atom. The predicted molar refractivity (Wildman–Crippen MR) is 74.4 cm³/mol.